The number of nitrogens with one attached hydrogen (secondary N) is 2. The SMILES string of the molecule is CC(=O)c1ccc(N2CC[NH+]([C@@H](C)C(=O)Nc3ccc(Cl)cc3)CC2)cc1. The van der Waals surface area contributed by atoms with E-state index in [4.69, 9.17) is 11.6 Å². The first-order valence-corrected chi connectivity index (χ1v) is 9.59. The van der Waals surface area contributed by atoms with Crippen molar-refractivity contribution in [1.29, 1.82) is 0 Å². The molecule has 0 aliphatic carbocycles. The van der Waals surface area contributed by atoms with Gasteiger partial charge in [0.15, 0.2) is 11.8 Å². The quantitative estimate of drug-likeness (QED) is 0.775. The van der Waals surface area contributed by atoms with E-state index in [0.717, 1.165) is 43.1 Å². The number of halogens is 1. The van der Waals surface area contributed by atoms with Crippen molar-refractivity contribution in [3.8, 4) is 0 Å². The number of Topliss-reactive ketones (excluding diaryl/α,β-unsaturated/α-hetero) is 1. The average Bonchev–Trinajstić information content (AvgIpc) is 2.69. The first kappa shape index (κ1) is 19.4. The lowest BCUT2D eigenvalue weighted by molar-refractivity contribution is -0.914. The Kier molecular flexibility index (Phi) is 6.14. The van der Waals surface area contributed by atoms with Crippen LogP contribution in [-0.2, 0) is 4.79 Å². The second-order valence-corrected chi connectivity index (χ2v) is 7.40. The zero-order valence-electron chi connectivity index (χ0n) is 15.7. The van der Waals surface area contributed by atoms with Gasteiger partial charge in [-0.25, -0.2) is 0 Å². The van der Waals surface area contributed by atoms with Gasteiger partial charge in [0.2, 0.25) is 0 Å². The molecule has 1 saturated heterocycles. The molecule has 2 aromatic carbocycles. The number of piperazine rings is 1. The van der Waals surface area contributed by atoms with Crippen LogP contribution in [0.4, 0.5) is 11.4 Å². The number of ketones is 1. The maximum absolute atomic E-state index is 12.5. The van der Waals surface area contributed by atoms with Gasteiger partial charge in [-0.15, -0.1) is 0 Å². The summed E-state index contributed by atoms with van der Waals surface area (Å²) in [6.07, 6.45) is 0. The van der Waals surface area contributed by atoms with Crippen molar-refractivity contribution in [2.75, 3.05) is 36.4 Å². The summed E-state index contributed by atoms with van der Waals surface area (Å²) < 4.78 is 0. The van der Waals surface area contributed by atoms with Gasteiger partial charge in [-0.3, -0.25) is 9.59 Å². The number of carbonyl (C=O) groups is 2. The predicted molar refractivity (Wildman–Crippen MR) is 109 cm³/mol. The van der Waals surface area contributed by atoms with E-state index in [2.05, 4.69) is 10.2 Å². The molecule has 6 heteroatoms. The van der Waals surface area contributed by atoms with Crippen LogP contribution in [0.15, 0.2) is 48.5 Å². The molecule has 1 heterocycles. The van der Waals surface area contributed by atoms with Gasteiger partial charge < -0.3 is 15.1 Å². The summed E-state index contributed by atoms with van der Waals surface area (Å²) in [5, 5.41) is 3.61. The minimum atomic E-state index is -0.122. The van der Waals surface area contributed by atoms with Gasteiger partial charge in [0.25, 0.3) is 5.91 Å². The van der Waals surface area contributed by atoms with Crippen LogP contribution in [0.5, 0.6) is 0 Å². The van der Waals surface area contributed by atoms with Crippen LogP contribution in [0.3, 0.4) is 0 Å². The van der Waals surface area contributed by atoms with Crippen molar-refractivity contribution in [3.05, 3.63) is 59.1 Å². The molecule has 5 nitrogen and oxygen atoms in total. The topological polar surface area (TPSA) is 53.9 Å². The van der Waals surface area contributed by atoms with Crippen molar-refractivity contribution < 1.29 is 14.5 Å². The molecule has 2 N–H and O–H groups in total. The van der Waals surface area contributed by atoms with E-state index < -0.39 is 0 Å². The minimum absolute atomic E-state index is 0.0200. The summed E-state index contributed by atoms with van der Waals surface area (Å²) in [6, 6.07) is 14.8. The van der Waals surface area contributed by atoms with Crippen LogP contribution in [0, 0.1) is 0 Å². The highest BCUT2D eigenvalue weighted by Gasteiger charge is 2.29. The molecule has 1 aliphatic heterocycles. The zero-order chi connectivity index (χ0) is 19.4. The molecule has 1 atom stereocenters. The van der Waals surface area contributed by atoms with Crippen LogP contribution in [0.1, 0.15) is 24.2 Å². The Morgan fingerprint density at radius 1 is 1.04 bits per heavy atom. The lowest BCUT2D eigenvalue weighted by atomic mass is 10.1. The van der Waals surface area contributed by atoms with Gasteiger partial charge in [0.05, 0.1) is 26.2 Å². The fourth-order valence-corrected chi connectivity index (χ4v) is 3.49. The smallest absolute Gasteiger partial charge is 0.282 e. The number of anilines is 2. The van der Waals surface area contributed by atoms with Gasteiger partial charge in [-0.2, -0.15) is 0 Å². The molecule has 0 saturated carbocycles. The number of benzene rings is 2. The Labute approximate surface area is 164 Å². The number of nitrogens with zero attached hydrogens (tertiary/aromatic N) is 1. The Morgan fingerprint density at radius 2 is 1.63 bits per heavy atom. The highest BCUT2D eigenvalue weighted by atomic mass is 35.5. The second-order valence-electron chi connectivity index (χ2n) is 6.97. The molecule has 0 bridgehead atoms. The second kappa shape index (κ2) is 8.55. The van der Waals surface area contributed by atoms with E-state index in [1.807, 2.05) is 43.3 Å². The number of rotatable bonds is 5. The van der Waals surface area contributed by atoms with E-state index in [1.54, 1.807) is 19.1 Å². The maximum atomic E-state index is 12.5. The minimum Gasteiger partial charge on any atom is -0.360 e. The van der Waals surface area contributed by atoms with Crippen LogP contribution in [0.2, 0.25) is 5.02 Å². The Bertz CT molecular complexity index is 797. The first-order chi connectivity index (χ1) is 12.9. The predicted octanol–water partition coefficient (Wildman–Crippen LogP) is 2.27. The van der Waals surface area contributed by atoms with Crippen molar-refractivity contribution in [1.82, 2.24) is 0 Å². The summed E-state index contributed by atoms with van der Waals surface area (Å²) in [4.78, 5) is 27.5. The van der Waals surface area contributed by atoms with E-state index in [0.29, 0.717) is 5.02 Å². The third kappa shape index (κ3) is 4.87. The normalized spacial score (nSPS) is 16.0. The first-order valence-electron chi connectivity index (χ1n) is 9.21. The third-order valence-electron chi connectivity index (χ3n) is 5.16. The van der Waals surface area contributed by atoms with E-state index in [9.17, 15) is 9.59 Å². The van der Waals surface area contributed by atoms with Gasteiger partial charge >= 0.3 is 0 Å². The van der Waals surface area contributed by atoms with Crippen LogP contribution >= 0.6 is 11.6 Å². The lowest BCUT2D eigenvalue weighted by Crippen LogP contribution is -3.19. The zero-order valence-corrected chi connectivity index (χ0v) is 16.4. The van der Waals surface area contributed by atoms with Crippen molar-refractivity contribution >= 4 is 34.7 Å². The average molecular weight is 387 g/mol. The monoisotopic (exact) mass is 386 g/mol. The molecule has 1 amide bonds. The van der Waals surface area contributed by atoms with Crippen molar-refractivity contribution in [2.45, 2.75) is 19.9 Å². The molecular formula is C21H25ClN3O2+. The van der Waals surface area contributed by atoms with Crippen LogP contribution < -0.4 is 15.1 Å². The summed E-state index contributed by atoms with van der Waals surface area (Å²) >= 11 is 5.88. The summed E-state index contributed by atoms with van der Waals surface area (Å²) in [7, 11) is 0. The number of carbonyl (C=O) groups excluding carboxylic acids is 2. The Morgan fingerprint density at radius 3 is 2.19 bits per heavy atom. The number of hydrogen-bond acceptors (Lipinski definition) is 3. The standard InChI is InChI=1S/C21H24ClN3O2/c1-15(21(27)23-19-7-5-18(22)6-8-19)24-11-13-25(14-12-24)20-9-3-17(4-10-20)16(2)26/h3-10,15H,11-14H2,1-2H3,(H,23,27)/p+1/t15-/m0/s1. The molecule has 0 spiro atoms. The number of amides is 1. The van der Waals surface area contributed by atoms with Gasteiger partial charge in [0.1, 0.15) is 0 Å². The van der Waals surface area contributed by atoms with E-state index in [1.165, 1.54) is 4.90 Å². The lowest BCUT2D eigenvalue weighted by Gasteiger charge is -2.36. The summed E-state index contributed by atoms with van der Waals surface area (Å²) in [6.45, 7) is 7.10. The van der Waals surface area contributed by atoms with Gasteiger partial charge in [0, 0.05) is 22.0 Å². The van der Waals surface area contributed by atoms with Crippen molar-refractivity contribution in [2.24, 2.45) is 0 Å². The largest absolute Gasteiger partial charge is 0.360 e. The van der Waals surface area contributed by atoms with E-state index in [-0.39, 0.29) is 17.7 Å². The highest BCUT2D eigenvalue weighted by molar-refractivity contribution is 6.30. The Balaban J connectivity index is 1.53. The highest BCUT2D eigenvalue weighted by Crippen LogP contribution is 2.16. The number of quaternary nitrogens is 1. The van der Waals surface area contributed by atoms with Gasteiger partial charge in [-0.05, 0) is 62.4 Å². The van der Waals surface area contributed by atoms with Gasteiger partial charge in [-0.1, -0.05) is 11.6 Å². The van der Waals surface area contributed by atoms with Crippen LogP contribution in [0.25, 0.3) is 0 Å². The molecule has 0 aromatic heterocycles. The molecule has 142 valence electrons. The van der Waals surface area contributed by atoms with E-state index >= 15 is 0 Å². The Hall–Kier alpha value is -2.37. The molecule has 0 unspecified atom stereocenters. The van der Waals surface area contributed by atoms with Crippen LogP contribution in [-0.4, -0.2) is 43.9 Å². The molecule has 27 heavy (non-hydrogen) atoms. The fraction of sp³-hybridized carbons (Fsp3) is 0.333. The van der Waals surface area contributed by atoms with Crippen molar-refractivity contribution in [3.63, 3.8) is 0 Å². The molecular weight excluding hydrogens is 362 g/mol. The molecule has 2 aromatic rings. The summed E-state index contributed by atoms with van der Waals surface area (Å²) in [5.41, 5.74) is 2.62. The molecule has 3 rings (SSSR count). The molecule has 0 radical (unpaired) electrons. The third-order valence-corrected chi connectivity index (χ3v) is 5.41. The molecule has 1 aliphatic rings. The maximum Gasteiger partial charge on any atom is 0.282 e. The fourth-order valence-electron chi connectivity index (χ4n) is 3.36. The molecule has 1 fully saturated rings. The number of hydrogen-bond donors (Lipinski definition) is 2. The summed E-state index contributed by atoms with van der Waals surface area (Å²) in [5.74, 6) is 0.0999.